The third kappa shape index (κ3) is 11.6. The summed E-state index contributed by atoms with van der Waals surface area (Å²) in [5.74, 6) is -0.0310. The number of nitrogens with zero attached hydrogens (tertiary/aromatic N) is 4. The Kier molecular flexibility index (Phi) is 15.2. The van der Waals surface area contributed by atoms with Gasteiger partial charge in [-0.3, -0.25) is 34.0 Å². The van der Waals surface area contributed by atoms with Gasteiger partial charge in [0.15, 0.2) is 11.5 Å². The molecule has 0 amide bonds. The fraction of sp³-hybridized carbons (Fsp3) is 0.625. The predicted molar refractivity (Wildman–Crippen MR) is 170 cm³/mol. The smallest absolute Gasteiger partial charge is 0.336 e. The van der Waals surface area contributed by atoms with Crippen molar-refractivity contribution in [2.24, 2.45) is 0 Å². The van der Waals surface area contributed by atoms with Gasteiger partial charge < -0.3 is 28.1 Å². The first-order valence-electron chi connectivity index (χ1n) is 15.7. The van der Waals surface area contributed by atoms with Crippen molar-refractivity contribution in [3.8, 4) is 11.5 Å². The minimum atomic E-state index is -0.487. The molecular formula is C32H48N4O10. The first-order valence-corrected chi connectivity index (χ1v) is 15.7. The molecule has 0 N–H and O–H groups in total. The van der Waals surface area contributed by atoms with E-state index in [0.29, 0.717) is 81.4 Å². The molecule has 14 heteroatoms. The minimum Gasteiger partial charge on any atom is -0.493 e. The van der Waals surface area contributed by atoms with E-state index in [1.165, 1.54) is 13.2 Å². The highest BCUT2D eigenvalue weighted by atomic mass is 16.5. The van der Waals surface area contributed by atoms with Gasteiger partial charge >= 0.3 is 23.5 Å². The van der Waals surface area contributed by atoms with Crippen molar-refractivity contribution < 1.29 is 42.5 Å². The molecule has 1 saturated heterocycles. The second-order valence-corrected chi connectivity index (χ2v) is 10.8. The van der Waals surface area contributed by atoms with E-state index in [9.17, 15) is 19.2 Å². The van der Waals surface area contributed by atoms with Gasteiger partial charge in [-0.2, -0.15) is 0 Å². The summed E-state index contributed by atoms with van der Waals surface area (Å²) in [7, 11) is 3.06. The van der Waals surface area contributed by atoms with Crippen LogP contribution in [0.4, 0.5) is 0 Å². The van der Waals surface area contributed by atoms with Crippen molar-refractivity contribution in [1.29, 1.82) is 0 Å². The Morgan fingerprint density at radius 2 is 1.02 bits per heavy atom. The summed E-state index contributed by atoms with van der Waals surface area (Å²) >= 11 is 0. The molecular weight excluding hydrogens is 600 g/mol. The molecule has 1 aromatic heterocycles. The summed E-state index contributed by atoms with van der Waals surface area (Å²) in [6.45, 7) is 10.9. The number of hydrogen-bond donors (Lipinski definition) is 0. The molecule has 256 valence electrons. The van der Waals surface area contributed by atoms with Gasteiger partial charge in [0.05, 0.1) is 53.7 Å². The molecule has 0 aliphatic carbocycles. The van der Waals surface area contributed by atoms with E-state index in [1.807, 2.05) is 14.7 Å². The summed E-state index contributed by atoms with van der Waals surface area (Å²) in [6, 6.07) is 4.91. The Morgan fingerprint density at radius 3 is 1.41 bits per heavy atom. The quantitative estimate of drug-likeness (QED) is 0.175. The molecule has 14 nitrogen and oxygen atoms in total. The fourth-order valence-electron chi connectivity index (χ4n) is 5.30. The summed E-state index contributed by atoms with van der Waals surface area (Å²) < 4.78 is 32.1. The van der Waals surface area contributed by atoms with Crippen molar-refractivity contribution in [2.45, 2.75) is 27.3 Å². The van der Waals surface area contributed by atoms with Gasteiger partial charge in [-0.1, -0.05) is 0 Å². The average Bonchev–Trinajstić information content (AvgIpc) is 3.01. The van der Waals surface area contributed by atoms with E-state index in [2.05, 4.69) is 4.90 Å². The first kappa shape index (κ1) is 36.7. The standard InChI is InChI=1S/C32H48N4O10/c1-6-43-30(38)21-34-11-9-33(20-24-17-29(37)46-26-19-28(42-5)27(41-4)18-25(24)26)10-12-35(22-31(39)44-7-2)14-16-36(15-13-34)23-32(40)45-8-3/h17-19H,6-16,20-23H2,1-5H3. The van der Waals surface area contributed by atoms with Crippen LogP contribution in [-0.4, -0.2) is 144 Å². The van der Waals surface area contributed by atoms with Gasteiger partial charge in [-0.25, -0.2) is 4.79 Å². The number of fused-ring (bicyclic) bond motifs is 1. The van der Waals surface area contributed by atoms with Crippen LogP contribution in [0.25, 0.3) is 11.0 Å². The first-order chi connectivity index (χ1) is 22.2. The summed E-state index contributed by atoms with van der Waals surface area (Å²) in [5, 5.41) is 0.713. The summed E-state index contributed by atoms with van der Waals surface area (Å²) in [4.78, 5) is 58.2. The molecule has 0 bridgehead atoms. The van der Waals surface area contributed by atoms with Crippen LogP contribution in [0.5, 0.6) is 11.5 Å². The zero-order chi connectivity index (χ0) is 33.5. The van der Waals surface area contributed by atoms with E-state index < -0.39 is 5.63 Å². The van der Waals surface area contributed by atoms with Gasteiger partial charge in [0.1, 0.15) is 5.58 Å². The van der Waals surface area contributed by atoms with Crippen molar-refractivity contribution in [2.75, 3.05) is 106 Å². The third-order valence-corrected chi connectivity index (χ3v) is 7.63. The van der Waals surface area contributed by atoms with Crippen LogP contribution in [0.1, 0.15) is 26.3 Å². The number of rotatable bonds is 13. The number of hydrogen-bond acceptors (Lipinski definition) is 14. The van der Waals surface area contributed by atoms with Crippen LogP contribution in [0.2, 0.25) is 0 Å². The Morgan fingerprint density at radius 1 is 0.630 bits per heavy atom. The van der Waals surface area contributed by atoms with Crippen LogP contribution in [0, 0.1) is 0 Å². The lowest BCUT2D eigenvalue weighted by Crippen LogP contribution is -2.48. The van der Waals surface area contributed by atoms with Crippen LogP contribution in [0.3, 0.4) is 0 Å². The zero-order valence-electron chi connectivity index (χ0n) is 27.7. The second kappa shape index (κ2) is 19.1. The van der Waals surface area contributed by atoms with Gasteiger partial charge in [0.2, 0.25) is 0 Å². The number of carbonyl (C=O) groups excluding carboxylic acids is 3. The van der Waals surface area contributed by atoms with Crippen LogP contribution in [-0.2, 0) is 35.1 Å². The monoisotopic (exact) mass is 648 g/mol. The summed E-state index contributed by atoms with van der Waals surface area (Å²) in [5.41, 5.74) is 0.636. The number of carbonyl (C=O) groups is 3. The number of methoxy groups -OCH3 is 2. The van der Waals surface area contributed by atoms with Crippen molar-refractivity contribution >= 4 is 28.9 Å². The Balaban J connectivity index is 1.92. The maximum Gasteiger partial charge on any atom is 0.336 e. The lowest BCUT2D eigenvalue weighted by molar-refractivity contribution is -0.146. The lowest BCUT2D eigenvalue weighted by Gasteiger charge is -2.33. The normalized spacial score (nSPS) is 16.3. The molecule has 46 heavy (non-hydrogen) atoms. The zero-order valence-corrected chi connectivity index (χ0v) is 27.7. The van der Waals surface area contributed by atoms with Crippen LogP contribution >= 0.6 is 0 Å². The molecule has 0 saturated carbocycles. The van der Waals surface area contributed by atoms with Crippen molar-refractivity contribution in [3.05, 3.63) is 34.2 Å². The third-order valence-electron chi connectivity index (χ3n) is 7.63. The SMILES string of the molecule is CCOC(=O)CN1CCN(CC(=O)OCC)CCN(Cc2cc(=O)oc3cc(OC)c(OC)cc23)CCN(CC(=O)OCC)CC1. The molecule has 1 aliphatic heterocycles. The van der Waals surface area contributed by atoms with Gasteiger partial charge in [0, 0.05) is 76.4 Å². The van der Waals surface area contributed by atoms with E-state index >= 15 is 0 Å². The van der Waals surface area contributed by atoms with Gasteiger partial charge in [-0.05, 0) is 32.4 Å². The highest BCUT2D eigenvalue weighted by Crippen LogP contribution is 2.33. The number of benzene rings is 1. The molecule has 0 spiro atoms. The number of ether oxygens (including phenoxy) is 5. The second-order valence-electron chi connectivity index (χ2n) is 10.8. The maximum absolute atomic E-state index is 12.6. The Labute approximate surface area is 270 Å². The van der Waals surface area contributed by atoms with E-state index in [-0.39, 0.29) is 57.4 Å². The fourth-order valence-corrected chi connectivity index (χ4v) is 5.30. The van der Waals surface area contributed by atoms with Gasteiger partial charge in [-0.15, -0.1) is 0 Å². The van der Waals surface area contributed by atoms with E-state index in [1.54, 1.807) is 40.0 Å². The Bertz CT molecular complexity index is 1310. The Hall–Kier alpha value is -3.72. The van der Waals surface area contributed by atoms with Crippen LogP contribution < -0.4 is 15.1 Å². The maximum atomic E-state index is 12.6. The molecule has 2 heterocycles. The van der Waals surface area contributed by atoms with Crippen LogP contribution in [0.15, 0.2) is 27.4 Å². The van der Waals surface area contributed by atoms with Gasteiger partial charge in [0.25, 0.3) is 0 Å². The largest absolute Gasteiger partial charge is 0.493 e. The molecule has 0 radical (unpaired) electrons. The minimum absolute atomic E-state index is 0.0956. The molecule has 1 aromatic carbocycles. The predicted octanol–water partition coefficient (Wildman–Crippen LogP) is 1.22. The van der Waals surface area contributed by atoms with Crippen molar-refractivity contribution in [1.82, 2.24) is 19.6 Å². The van der Waals surface area contributed by atoms with E-state index in [0.717, 1.165) is 5.56 Å². The highest BCUT2D eigenvalue weighted by molar-refractivity contribution is 5.84. The molecule has 3 rings (SSSR count). The van der Waals surface area contributed by atoms with E-state index in [4.69, 9.17) is 28.1 Å². The highest BCUT2D eigenvalue weighted by Gasteiger charge is 2.22. The molecule has 0 atom stereocenters. The lowest BCUT2D eigenvalue weighted by atomic mass is 10.1. The topological polar surface area (TPSA) is 141 Å². The molecule has 1 fully saturated rings. The molecule has 2 aromatic rings. The summed E-state index contributed by atoms with van der Waals surface area (Å²) in [6.07, 6.45) is 0. The van der Waals surface area contributed by atoms with Crippen molar-refractivity contribution in [3.63, 3.8) is 0 Å². The average molecular weight is 649 g/mol. The number of esters is 3. The molecule has 0 unspecified atom stereocenters. The molecule has 1 aliphatic rings.